The number of nitrogens with zero attached hydrogens (tertiary/aromatic N) is 1. The predicted molar refractivity (Wildman–Crippen MR) is 111 cm³/mol. The van der Waals surface area contributed by atoms with Gasteiger partial charge in [0.05, 0.1) is 12.2 Å². The molecule has 2 heterocycles. The summed E-state index contributed by atoms with van der Waals surface area (Å²) in [6, 6.07) is 5.73. The summed E-state index contributed by atoms with van der Waals surface area (Å²) in [5, 5.41) is 0. The minimum Gasteiger partial charge on any atom is -0.462 e. The van der Waals surface area contributed by atoms with Gasteiger partial charge < -0.3 is 14.6 Å². The molecule has 2 aromatic rings. The van der Waals surface area contributed by atoms with Crippen LogP contribution < -0.4 is 0 Å². The Morgan fingerprint density at radius 2 is 1.80 bits per heavy atom. The van der Waals surface area contributed by atoms with Crippen LogP contribution in [0.3, 0.4) is 0 Å². The number of halogens is 1. The van der Waals surface area contributed by atoms with Gasteiger partial charge in [0.25, 0.3) is 11.7 Å². The summed E-state index contributed by atoms with van der Waals surface area (Å²) in [7, 11) is 0. The van der Waals surface area contributed by atoms with E-state index in [1.54, 1.807) is 24.8 Å². The second kappa shape index (κ2) is 8.81. The van der Waals surface area contributed by atoms with Crippen LogP contribution in [0.1, 0.15) is 66.6 Å². The molecule has 1 N–H and O–H groups in total. The number of hydrogen-bond acceptors (Lipinski definition) is 4. The number of nitrogens with one attached hydrogen (secondary N) is 1. The molecule has 0 radical (unpaired) electrons. The van der Waals surface area contributed by atoms with Crippen LogP contribution in [-0.4, -0.2) is 46.2 Å². The number of aromatic amines is 1. The number of benzene rings is 1. The number of amides is 1. The fourth-order valence-electron chi connectivity index (χ4n) is 4.23. The Balaban J connectivity index is 2.14. The SMILES string of the molecule is CCOC(=O)c1c(C)[nH]c(C(=O)C(=O)N2[C@H](C)CCC[C@H]2C)c1-c1ccccc1F. The highest BCUT2D eigenvalue weighted by Gasteiger charge is 2.37. The normalized spacial score (nSPS) is 18.9. The van der Waals surface area contributed by atoms with E-state index in [1.165, 1.54) is 18.2 Å². The van der Waals surface area contributed by atoms with Crippen LogP contribution in [0.4, 0.5) is 4.39 Å². The van der Waals surface area contributed by atoms with Crippen molar-refractivity contribution in [1.29, 1.82) is 0 Å². The Bertz CT molecular complexity index is 972. The molecule has 30 heavy (non-hydrogen) atoms. The lowest BCUT2D eigenvalue weighted by molar-refractivity contribution is -0.132. The molecule has 1 aliphatic heterocycles. The predicted octanol–water partition coefficient (Wildman–Crippen LogP) is 4.28. The van der Waals surface area contributed by atoms with E-state index in [9.17, 15) is 18.8 Å². The minimum absolute atomic E-state index is 0.0669. The number of rotatable bonds is 5. The number of aromatic nitrogens is 1. The van der Waals surface area contributed by atoms with E-state index in [0.717, 1.165) is 19.3 Å². The summed E-state index contributed by atoms with van der Waals surface area (Å²) < 4.78 is 19.8. The number of Topliss-reactive ketones (excluding diaryl/α,β-unsaturated/α-hetero) is 1. The van der Waals surface area contributed by atoms with E-state index < -0.39 is 23.5 Å². The van der Waals surface area contributed by atoms with Gasteiger partial charge in [0.2, 0.25) is 0 Å². The van der Waals surface area contributed by atoms with Crippen LogP contribution in [-0.2, 0) is 9.53 Å². The molecule has 0 unspecified atom stereocenters. The van der Waals surface area contributed by atoms with Crippen molar-refractivity contribution >= 4 is 17.7 Å². The molecule has 0 spiro atoms. The zero-order chi connectivity index (χ0) is 22.0. The van der Waals surface area contributed by atoms with Crippen molar-refractivity contribution in [2.45, 2.75) is 59.0 Å². The number of ketones is 1. The molecule has 1 aromatic carbocycles. The van der Waals surface area contributed by atoms with Crippen molar-refractivity contribution in [2.24, 2.45) is 0 Å². The van der Waals surface area contributed by atoms with Crippen molar-refractivity contribution in [3.05, 3.63) is 47.0 Å². The van der Waals surface area contributed by atoms with Crippen molar-refractivity contribution in [2.75, 3.05) is 6.61 Å². The number of esters is 1. The first-order chi connectivity index (χ1) is 14.3. The zero-order valence-corrected chi connectivity index (χ0v) is 17.8. The van der Waals surface area contributed by atoms with E-state index in [2.05, 4.69) is 4.98 Å². The van der Waals surface area contributed by atoms with Gasteiger partial charge in [0, 0.05) is 28.9 Å². The van der Waals surface area contributed by atoms with Gasteiger partial charge in [-0.1, -0.05) is 18.2 Å². The molecule has 0 aliphatic carbocycles. The highest BCUT2D eigenvalue weighted by molar-refractivity contribution is 6.44. The van der Waals surface area contributed by atoms with E-state index >= 15 is 0 Å². The topological polar surface area (TPSA) is 79.5 Å². The van der Waals surface area contributed by atoms with Crippen LogP contribution >= 0.6 is 0 Å². The van der Waals surface area contributed by atoms with Gasteiger partial charge in [-0.2, -0.15) is 0 Å². The first kappa shape index (κ1) is 21.7. The molecule has 2 atom stereocenters. The Kier molecular flexibility index (Phi) is 6.39. The van der Waals surface area contributed by atoms with Gasteiger partial charge in [-0.05, 0) is 53.0 Å². The third-order valence-corrected chi connectivity index (χ3v) is 5.66. The number of piperidine rings is 1. The Labute approximate surface area is 175 Å². The van der Waals surface area contributed by atoms with Gasteiger partial charge in [-0.25, -0.2) is 9.18 Å². The fraction of sp³-hybridized carbons (Fsp3) is 0.435. The molecule has 0 saturated carbocycles. The molecule has 1 fully saturated rings. The molecule has 3 rings (SSSR count). The first-order valence-electron chi connectivity index (χ1n) is 10.3. The molecule has 160 valence electrons. The standard InChI is InChI=1S/C23H27FN2O4/c1-5-30-23(29)18-15(4)25-20(19(18)16-11-6-7-12-17(16)24)21(27)22(28)26-13(2)9-8-10-14(26)3/h6-7,11-14,25H,5,8-10H2,1-4H3/t13-,14-/m1/s1. The highest BCUT2D eigenvalue weighted by Crippen LogP contribution is 2.34. The second-order valence-electron chi connectivity index (χ2n) is 7.75. The summed E-state index contributed by atoms with van der Waals surface area (Å²) in [6.07, 6.45) is 2.64. The summed E-state index contributed by atoms with van der Waals surface area (Å²) in [6.45, 7) is 7.23. The largest absolute Gasteiger partial charge is 0.462 e. The lowest BCUT2D eigenvalue weighted by Gasteiger charge is -2.38. The van der Waals surface area contributed by atoms with Gasteiger partial charge >= 0.3 is 5.97 Å². The van der Waals surface area contributed by atoms with Gasteiger partial charge in [-0.15, -0.1) is 0 Å². The van der Waals surface area contributed by atoms with E-state index in [0.29, 0.717) is 5.69 Å². The molecule has 1 saturated heterocycles. The van der Waals surface area contributed by atoms with Crippen LogP contribution in [0.5, 0.6) is 0 Å². The average molecular weight is 414 g/mol. The number of aryl methyl sites for hydroxylation is 1. The number of carbonyl (C=O) groups is 3. The Morgan fingerprint density at radius 3 is 2.40 bits per heavy atom. The molecule has 1 amide bonds. The molecular formula is C23H27FN2O4. The lowest BCUT2D eigenvalue weighted by atomic mass is 9.95. The molecule has 1 aromatic heterocycles. The van der Waals surface area contributed by atoms with Crippen molar-refractivity contribution < 1.29 is 23.5 Å². The number of likely N-dealkylation sites (tertiary alicyclic amines) is 1. The Morgan fingerprint density at radius 1 is 1.17 bits per heavy atom. The van der Waals surface area contributed by atoms with Gasteiger partial charge in [-0.3, -0.25) is 9.59 Å². The fourth-order valence-corrected chi connectivity index (χ4v) is 4.23. The maximum atomic E-state index is 14.7. The van der Waals surface area contributed by atoms with E-state index in [4.69, 9.17) is 4.74 Å². The van der Waals surface area contributed by atoms with Crippen LogP contribution in [0.25, 0.3) is 11.1 Å². The van der Waals surface area contributed by atoms with Crippen LogP contribution in [0.2, 0.25) is 0 Å². The molecular weight excluding hydrogens is 387 g/mol. The summed E-state index contributed by atoms with van der Waals surface area (Å²) in [4.78, 5) is 43.5. The van der Waals surface area contributed by atoms with Gasteiger partial charge in [0.1, 0.15) is 11.5 Å². The molecule has 1 aliphatic rings. The highest BCUT2D eigenvalue weighted by atomic mass is 19.1. The van der Waals surface area contributed by atoms with Crippen molar-refractivity contribution in [1.82, 2.24) is 9.88 Å². The van der Waals surface area contributed by atoms with E-state index in [-0.39, 0.29) is 41.1 Å². The monoisotopic (exact) mass is 414 g/mol. The Hall–Kier alpha value is -2.96. The third-order valence-electron chi connectivity index (χ3n) is 5.66. The minimum atomic E-state index is -0.785. The van der Waals surface area contributed by atoms with Crippen molar-refractivity contribution in [3.8, 4) is 11.1 Å². The maximum Gasteiger partial charge on any atom is 0.340 e. The number of H-pyrrole nitrogens is 1. The average Bonchev–Trinajstić information content (AvgIpc) is 3.04. The first-order valence-corrected chi connectivity index (χ1v) is 10.3. The summed E-state index contributed by atoms with van der Waals surface area (Å²) in [5.74, 6) is -2.70. The molecule has 6 nitrogen and oxygen atoms in total. The third kappa shape index (κ3) is 3.88. The number of ether oxygens (including phenoxy) is 1. The second-order valence-corrected chi connectivity index (χ2v) is 7.75. The molecule has 7 heteroatoms. The zero-order valence-electron chi connectivity index (χ0n) is 17.8. The van der Waals surface area contributed by atoms with Crippen LogP contribution in [0.15, 0.2) is 24.3 Å². The smallest absolute Gasteiger partial charge is 0.340 e. The van der Waals surface area contributed by atoms with Gasteiger partial charge in [0.15, 0.2) is 0 Å². The van der Waals surface area contributed by atoms with Crippen molar-refractivity contribution in [3.63, 3.8) is 0 Å². The number of hydrogen-bond donors (Lipinski definition) is 1. The summed E-state index contributed by atoms with van der Waals surface area (Å²) >= 11 is 0. The van der Waals surface area contributed by atoms with E-state index in [1.807, 2.05) is 13.8 Å². The molecule has 0 bridgehead atoms. The maximum absolute atomic E-state index is 14.7. The lowest BCUT2D eigenvalue weighted by Crippen LogP contribution is -2.50. The number of carbonyl (C=O) groups excluding carboxylic acids is 3. The van der Waals surface area contributed by atoms with Crippen LogP contribution in [0, 0.1) is 12.7 Å². The quantitative estimate of drug-likeness (QED) is 0.450. The summed E-state index contributed by atoms with van der Waals surface area (Å²) in [5.41, 5.74) is 0.469.